The number of nitrogens with one attached hydrogen (secondary N) is 1. The number of hydrogen-bond acceptors (Lipinski definition) is 6. The van der Waals surface area contributed by atoms with Crippen molar-refractivity contribution in [3.63, 3.8) is 0 Å². The Kier molecular flexibility index (Phi) is 6.37. The third-order valence-electron chi connectivity index (χ3n) is 5.60. The van der Waals surface area contributed by atoms with Crippen molar-refractivity contribution in [1.29, 1.82) is 0 Å². The molecule has 10 heteroatoms. The zero-order chi connectivity index (χ0) is 25.3. The van der Waals surface area contributed by atoms with Crippen LogP contribution < -0.4 is 16.6 Å². The van der Waals surface area contributed by atoms with Crippen LogP contribution in [0.3, 0.4) is 0 Å². The molecule has 4 rings (SSSR count). The van der Waals surface area contributed by atoms with Gasteiger partial charge in [0.15, 0.2) is 11.2 Å². The first-order valence-electron chi connectivity index (χ1n) is 10.9. The van der Waals surface area contributed by atoms with Crippen molar-refractivity contribution >= 4 is 28.7 Å². The average Bonchev–Trinajstić information content (AvgIpc) is 3.23. The van der Waals surface area contributed by atoms with E-state index in [1.165, 1.54) is 29.6 Å². The number of benzene rings is 2. The van der Waals surface area contributed by atoms with Crippen LogP contribution in [0.1, 0.15) is 22.8 Å². The van der Waals surface area contributed by atoms with Gasteiger partial charge in [-0.1, -0.05) is 36.4 Å². The fourth-order valence-electron chi connectivity index (χ4n) is 3.98. The van der Waals surface area contributed by atoms with E-state index in [-0.39, 0.29) is 17.7 Å². The highest BCUT2D eigenvalue weighted by atomic mass is 16.5. The maximum Gasteiger partial charge on any atom is 0.332 e. The number of amides is 1. The molecule has 0 bridgehead atoms. The maximum absolute atomic E-state index is 13.2. The summed E-state index contributed by atoms with van der Waals surface area (Å²) >= 11 is 0. The molecule has 35 heavy (non-hydrogen) atoms. The van der Waals surface area contributed by atoms with E-state index in [1.54, 1.807) is 30.3 Å². The summed E-state index contributed by atoms with van der Waals surface area (Å²) in [6, 6.07) is 14.3. The van der Waals surface area contributed by atoms with Crippen LogP contribution in [0, 0.1) is 13.8 Å². The summed E-state index contributed by atoms with van der Waals surface area (Å²) in [4.78, 5) is 55.0. The summed E-state index contributed by atoms with van der Waals surface area (Å²) in [5, 5.41) is 2.82. The van der Waals surface area contributed by atoms with E-state index in [0.29, 0.717) is 11.3 Å². The number of fused-ring (bicyclic) bond motifs is 1. The molecular weight excluding hydrogens is 450 g/mol. The fourth-order valence-corrected chi connectivity index (χ4v) is 3.98. The van der Waals surface area contributed by atoms with Crippen molar-refractivity contribution < 1.29 is 14.3 Å². The zero-order valence-corrected chi connectivity index (χ0v) is 19.8. The highest BCUT2D eigenvalue weighted by molar-refractivity contribution is 5.96. The third kappa shape index (κ3) is 4.77. The van der Waals surface area contributed by atoms with Gasteiger partial charge in [0.05, 0.1) is 6.33 Å². The second-order valence-electron chi connectivity index (χ2n) is 8.40. The minimum Gasteiger partial charge on any atom is -0.446 e. The van der Waals surface area contributed by atoms with E-state index >= 15 is 0 Å². The summed E-state index contributed by atoms with van der Waals surface area (Å²) < 4.78 is 9.07. The minimum atomic E-state index is -1.22. The number of anilines is 1. The van der Waals surface area contributed by atoms with Gasteiger partial charge in [-0.25, -0.2) is 9.78 Å². The van der Waals surface area contributed by atoms with Gasteiger partial charge in [0.1, 0.15) is 6.54 Å². The van der Waals surface area contributed by atoms with Crippen molar-refractivity contribution in [3.8, 4) is 0 Å². The first kappa shape index (κ1) is 23.7. The predicted octanol–water partition coefficient (Wildman–Crippen LogP) is 1.97. The van der Waals surface area contributed by atoms with Crippen LogP contribution in [0.5, 0.6) is 0 Å². The third-order valence-corrected chi connectivity index (χ3v) is 5.60. The average molecular weight is 476 g/mol. The lowest BCUT2D eigenvalue weighted by Gasteiger charge is -2.19. The SMILES string of the molecule is Cc1cc(C)cc(NC(=O)[C@H](OC(=O)Cn2cnc3c2c(=O)n(C)c(=O)n3C)c2ccccc2)c1. The quantitative estimate of drug-likeness (QED) is 0.426. The molecule has 1 amide bonds. The second kappa shape index (κ2) is 9.41. The molecule has 0 aliphatic heterocycles. The molecular formula is C25H25N5O5. The Balaban J connectivity index is 1.62. The lowest BCUT2D eigenvalue weighted by molar-refractivity contribution is -0.155. The number of aryl methyl sites for hydroxylation is 3. The lowest BCUT2D eigenvalue weighted by atomic mass is 10.1. The second-order valence-corrected chi connectivity index (χ2v) is 8.40. The molecule has 0 unspecified atom stereocenters. The molecule has 1 atom stereocenters. The lowest BCUT2D eigenvalue weighted by Crippen LogP contribution is -2.37. The molecule has 2 aromatic heterocycles. The van der Waals surface area contributed by atoms with Gasteiger partial charge in [0.2, 0.25) is 6.10 Å². The van der Waals surface area contributed by atoms with E-state index in [0.717, 1.165) is 15.7 Å². The normalized spacial score (nSPS) is 11.9. The molecule has 0 fully saturated rings. The minimum absolute atomic E-state index is 0.0856. The molecule has 10 nitrogen and oxygen atoms in total. The molecule has 0 aliphatic carbocycles. The van der Waals surface area contributed by atoms with Crippen molar-refractivity contribution in [2.24, 2.45) is 14.1 Å². The van der Waals surface area contributed by atoms with Crippen molar-refractivity contribution in [3.05, 3.63) is 92.4 Å². The Morgan fingerprint density at radius 3 is 2.31 bits per heavy atom. The fraction of sp³-hybridized carbons (Fsp3) is 0.240. The van der Waals surface area contributed by atoms with Gasteiger partial charge in [-0.3, -0.25) is 23.5 Å². The summed E-state index contributed by atoms with van der Waals surface area (Å²) in [5.74, 6) is -1.26. The van der Waals surface area contributed by atoms with Crippen molar-refractivity contribution in [2.45, 2.75) is 26.5 Å². The van der Waals surface area contributed by atoms with Gasteiger partial charge in [-0.2, -0.15) is 0 Å². The van der Waals surface area contributed by atoms with Crippen LogP contribution in [-0.2, 0) is 35.0 Å². The van der Waals surface area contributed by atoms with Gasteiger partial charge in [0.25, 0.3) is 11.5 Å². The molecule has 0 spiro atoms. The van der Waals surface area contributed by atoms with Gasteiger partial charge in [-0.15, -0.1) is 0 Å². The van der Waals surface area contributed by atoms with Crippen LogP contribution >= 0.6 is 0 Å². The summed E-state index contributed by atoms with van der Waals surface area (Å²) in [7, 11) is 2.84. The van der Waals surface area contributed by atoms with E-state index < -0.39 is 29.2 Å². The van der Waals surface area contributed by atoms with Gasteiger partial charge >= 0.3 is 11.7 Å². The Morgan fingerprint density at radius 1 is 1.00 bits per heavy atom. The Hall–Kier alpha value is -4.47. The van der Waals surface area contributed by atoms with E-state index in [9.17, 15) is 19.2 Å². The standard InChI is InChI=1S/C25H25N5O5/c1-15-10-16(2)12-18(11-15)27-23(32)21(17-8-6-5-7-9-17)35-19(31)13-30-14-26-22-20(30)24(33)29(4)25(34)28(22)3/h5-12,14,21H,13H2,1-4H3,(H,27,32)/t21-/m1/s1. The van der Waals surface area contributed by atoms with Crippen LogP contribution in [0.15, 0.2) is 64.4 Å². The summed E-state index contributed by atoms with van der Waals surface area (Å²) in [5.41, 5.74) is 2.18. The molecule has 2 heterocycles. The smallest absolute Gasteiger partial charge is 0.332 e. The summed E-state index contributed by atoms with van der Waals surface area (Å²) in [6.07, 6.45) is 0.0753. The number of carbonyl (C=O) groups excluding carboxylic acids is 2. The van der Waals surface area contributed by atoms with Crippen molar-refractivity contribution in [1.82, 2.24) is 18.7 Å². The van der Waals surface area contributed by atoms with E-state index in [4.69, 9.17) is 4.74 Å². The van der Waals surface area contributed by atoms with Crippen LogP contribution in [0.2, 0.25) is 0 Å². The van der Waals surface area contributed by atoms with Crippen LogP contribution in [-0.4, -0.2) is 30.6 Å². The number of carbonyl (C=O) groups is 2. The molecule has 0 radical (unpaired) electrons. The highest BCUT2D eigenvalue weighted by Crippen LogP contribution is 2.22. The Labute approximate surface area is 200 Å². The molecule has 0 saturated carbocycles. The monoisotopic (exact) mass is 475 g/mol. The Morgan fingerprint density at radius 2 is 1.66 bits per heavy atom. The van der Waals surface area contributed by atoms with Gasteiger partial charge in [-0.05, 0) is 37.1 Å². The highest BCUT2D eigenvalue weighted by Gasteiger charge is 2.26. The van der Waals surface area contributed by atoms with E-state index in [1.807, 2.05) is 32.0 Å². The first-order chi connectivity index (χ1) is 16.7. The van der Waals surface area contributed by atoms with Gasteiger partial charge in [0, 0.05) is 25.3 Å². The predicted molar refractivity (Wildman–Crippen MR) is 130 cm³/mol. The largest absolute Gasteiger partial charge is 0.446 e. The van der Waals surface area contributed by atoms with Crippen molar-refractivity contribution in [2.75, 3.05) is 5.32 Å². The number of rotatable bonds is 6. The number of aromatic nitrogens is 4. The number of esters is 1. The summed E-state index contributed by atoms with van der Waals surface area (Å²) in [6.45, 7) is 3.48. The maximum atomic E-state index is 13.2. The molecule has 1 N–H and O–H groups in total. The number of ether oxygens (including phenoxy) is 1. The molecule has 2 aromatic carbocycles. The topological polar surface area (TPSA) is 117 Å². The Bertz CT molecular complexity index is 1530. The van der Waals surface area contributed by atoms with Crippen LogP contribution in [0.25, 0.3) is 11.2 Å². The molecule has 4 aromatic rings. The van der Waals surface area contributed by atoms with Crippen LogP contribution in [0.4, 0.5) is 5.69 Å². The molecule has 0 aliphatic rings. The molecule has 0 saturated heterocycles. The first-order valence-corrected chi connectivity index (χ1v) is 10.9. The number of imidazole rings is 1. The zero-order valence-electron chi connectivity index (χ0n) is 19.8. The van der Waals surface area contributed by atoms with E-state index in [2.05, 4.69) is 10.3 Å². The number of hydrogen-bond donors (Lipinski definition) is 1. The van der Waals surface area contributed by atoms with Gasteiger partial charge < -0.3 is 14.6 Å². The number of nitrogens with zero attached hydrogens (tertiary/aromatic N) is 4. The molecule has 180 valence electrons.